The van der Waals surface area contributed by atoms with Crippen molar-refractivity contribution in [2.24, 2.45) is 11.7 Å². The highest BCUT2D eigenvalue weighted by molar-refractivity contribution is 5.92. The third-order valence-electron chi connectivity index (χ3n) is 5.48. The Morgan fingerprint density at radius 1 is 1.11 bits per heavy atom. The van der Waals surface area contributed by atoms with Gasteiger partial charge in [-0.2, -0.15) is 0 Å². The summed E-state index contributed by atoms with van der Waals surface area (Å²) in [5, 5.41) is 2.26. The molecule has 1 fully saturated rings. The first-order chi connectivity index (χ1) is 13.6. The number of amides is 1. The third-order valence-corrected chi connectivity index (χ3v) is 5.48. The molecular weight excluding hydrogens is 350 g/mol. The molecule has 1 aliphatic heterocycles. The van der Waals surface area contributed by atoms with Crippen molar-refractivity contribution in [2.45, 2.75) is 26.3 Å². The molecule has 28 heavy (non-hydrogen) atoms. The summed E-state index contributed by atoms with van der Waals surface area (Å²) in [6.07, 6.45) is 3.98. The van der Waals surface area contributed by atoms with E-state index in [1.165, 1.54) is 30.0 Å². The predicted octanol–water partition coefficient (Wildman–Crippen LogP) is 4.36. The van der Waals surface area contributed by atoms with E-state index < -0.39 is 5.91 Å². The average Bonchev–Trinajstić information content (AvgIpc) is 2.71. The van der Waals surface area contributed by atoms with Gasteiger partial charge in [-0.15, -0.1) is 0 Å². The Labute approximate surface area is 165 Å². The molecule has 0 bridgehead atoms. The van der Waals surface area contributed by atoms with E-state index in [2.05, 4.69) is 41.1 Å². The number of nitrogens with two attached hydrogens (primary N) is 1. The van der Waals surface area contributed by atoms with Gasteiger partial charge in [-0.1, -0.05) is 37.3 Å². The number of rotatable bonds is 5. The number of carbonyl (C=O) groups excluding carboxylic acids is 1. The second kappa shape index (κ2) is 7.98. The minimum Gasteiger partial charge on any atom is -0.438 e. The summed E-state index contributed by atoms with van der Waals surface area (Å²) in [5.41, 5.74) is 6.95. The van der Waals surface area contributed by atoms with Gasteiger partial charge in [0.1, 0.15) is 5.75 Å². The molecule has 0 unspecified atom stereocenters. The molecule has 0 saturated carbocycles. The zero-order valence-corrected chi connectivity index (χ0v) is 16.1. The molecule has 0 spiro atoms. The van der Waals surface area contributed by atoms with Crippen LogP contribution in [0.2, 0.25) is 0 Å². The van der Waals surface area contributed by atoms with Gasteiger partial charge in [0.05, 0.1) is 5.56 Å². The van der Waals surface area contributed by atoms with Gasteiger partial charge in [0.25, 0.3) is 0 Å². The Hall–Kier alpha value is -2.92. The second-order valence-corrected chi connectivity index (χ2v) is 7.58. The van der Waals surface area contributed by atoms with Crippen LogP contribution in [0.25, 0.3) is 10.8 Å². The molecule has 1 aliphatic rings. The summed E-state index contributed by atoms with van der Waals surface area (Å²) in [5.74, 6) is 1.53. The largest absolute Gasteiger partial charge is 0.438 e. The van der Waals surface area contributed by atoms with Gasteiger partial charge in [0, 0.05) is 24.2 Å². The van der Waals surface area contributed by atoms with Crippen molar-refractivity contribution in [1.82, 2.24) is 9.88 Å². The number of aromatic nitrogens is 1. The van der Waals surface area contributed by atoms with Gasteiger partial charge >= 0.3 is 0 Å². The van der Waals surface area contributed by atoms with Gasteiger partial charge in [0.2, 0.25) is 11.8 Å². The van der Waals surface area contributed by atoms with Crippen molar-refractivity contribution in [1.29, 1.82) is 0 Å². The number of nitrogens with zero attached hydrogens (tertiary/aromatic N) is 2. The number of benzene rings is 2. The van der Waals surface area contributed by atoms with Crippen LogP contribution in [0.4, 0.5) is 0 Å². The van der Waals surface area contributed by atoms with Crippen molar-refractivity contribution in [2.75, 3.05) is 13.1 Å². The van der Waals surface area contributed by atoms with Crippen molar-refractivity contribution < 1.29 is 9.53 Å². The Morgan fingerprint density at radius 2 is 1.86 bits per heavy atom. The van der Waals surface area contributed by atoms with Crippen molar-refractivity contribution >= 4 is 16.7 Å². The van der Waals surface area contributed by atoms with Crippen LogP contribution in [0.5, 0.6) is 11.6 Å². The lowest BCUT2D eigenvalue weighted by Crippen LogP contribution is -2.32. The topological polar surface area (TPSA) is 68.5 Å². The third kappa shape index (κ3) is 3.99. The number of pyridine rings is 1. The summed E-state index contributed by atoms with van der Waals surface area (Å²) >= 11 is 0. The van der Waals surface area contributed by atoms with Gasteiger partial charge in [-0.3, -0.25) is 9.69 Å². The van der Waals surface area contributed by atoms with Gasteiger partial charge in [0.15, 0.2) is 0 Å². The normalized spacial score (nSPS) is 15.6. The first-order valence-corrected chi connectivity index (χ1v) is 9.77. The molecule has 5 nitrogen and oxygen atoms in total. The minimum absolute atomic E-state index is 0.364. The lowest BCUT2D eigenvalue weighted by molar-refractivity contribution is 0.1000. The van der Waals surface area contributed by atoms with Crippen LogP contribution in [-0.4, -0.2) is 28.9 Å². The lowest BCUT2D eigenvalue weighted by atomic mass is 9.98. The average molecular weight is 375 g/mol. The zero-order chi connectivity index (χ0) is 19.5. The van der Waals surface area contributed by atoms with E-state index in [0.717, 1.165) is 36.7 Å². The Bertz CT molecular complexity index is 977. The Morgan fingerprint density at radius 3 is 2.57 bits per heavy atom. The van der Waals surface area contributed by atoms with E-state index in [1.54, 1.807) is 12.1 Å². The molecule has 2 N–H and O–H groups in total. The fourth-order valence-electron chi connectivity index (χ4n) is 3.73. The maximum Gasteiger partial charge on any atom is 0.250 e. The standard InChI is InChI=1S/C23H25N3O2/c1-16-10-12-26(13-11-16)15-18-4-2-6-20-19(18)5-3-7-21(20)28-22-9-8-17(14-25-22)23(24)27/h2-9,14,16H,10-13,15H2,1H3,(H2,24,27). The van der Waals surface area contributed by atoms with Crippen LogP contribution in [-0.2, 0) is 6.54 Å². The van der Waals surface area contributed by atoms with Crippen LogP contribution in [0.3, 0.4) is 0 Å². The number of fused-ring (bicyclic) bond motifs is 1. The number of primary amides is 1. The second-order valence-electron chi connectivity index (χ2n) is 7.58. The molecule has 0 radical (unpaired) electrons. The minimum atomic E-state index is -0.499. The van der Waals surface area contributed by atoms with E-state index in [9.17, 15) is 4.79 Å². The smallest absolute Gasteiger partial charge is 0.250 e. The van der Waals surface area contributed by atoms with Gasteiger partial charge in [-0.05, 0) is 54.9 Å². The highest BCUT2D eigenvalue weighted by Crippen LogP contribution is 2.32. The van der Waals surface area contributed by atoms with E-state index in [-0.39, 0.29) is 0 Å². The quantitative estimate of drug-likeness (QED) is 0.719. The van der Waals surface area contributed by atoms with Crippen molar-refractivity contribution in [3.8, 4) is 11.6 Å². The van der Waals surface area contributed by atoms with Crippen LogP contribution in [0.15, 0.2) is 54.7 Å². The number of hydrogen-bond donors (Lipinski definition) is 1. The summed E-state index contributed by atoms with van der Waals surface area (Å²) in [4.78, 5) is 17.9. The fraction of sp³-hybridized carbons (Fsp3) is 0.304. The van der Waals surface area contributed by atoms with Crippen LogP contribution < -0.4 is 10.5 Å². The molecule has 0 atom stereocenters. The number of hydrogen-bond acceptors (Lipinski definition) is 4. The monoisotopic (exact) mass is 375 g/mol. The van der Waals surface area contributed by atoms with E-state index in [1.807, 2.05) is 12.1 Å². The van der Waals surface area contributed by atoms with Crippen molar-refractivity contribution in [3.05, 3.63) is 65.9 Å². The molecule has 2 aromatic carbocycles. The number of likely N-dealkylation sites (tertiary alicyclic amines) is 1. The first kappa shape index (κ1) is 18.4. The summed E-state index contributed by atoms with van der Waals surface area (Å²) in [7, 11) is 0. The van der Waals surface area contributed by atoms with Crippen LogP contribution >= 0.6 is 0 Å². The number of ether oxygens (including phenoxy) is 1. The maximum absolute atomic E-state index is 11.2. The first-order valence-electron chi connectivity index (χ1n) is 9.77. The fourth-order valence-corrected chi connectivity index (χ4v) is 3.73. The summed E-state index contributed by atoms with van der Waals surface area (Å²) in [6.45, 7) is 5.61. The maximum atomic E-state index is 11.2. The molecule has 5 heteroatoms. The van der Waals surface area contributed by atoms with E-state index >= 15 is 0 Å². The molecule has 0 aliphatic carbocycles. The number of piperidine rings is 1. The van der Waals surface area contributed by atoms with Crippen LogP contribution in [0, 0.1) is 5.92 Å². The van der Waals surface area contributed by atoms with Gasteiger partial charge in [-0.25, -0.2) is 4.98 Å². The highest BCUT2D eigenvalue weighted by atomic mass is 16.5. The van der Waals surface area contributed by atoms with E-state index in [4.69, 9.17) is 10.5 Å². The molecular formula is C23H25N3O2. The lowest BCUT2D eigenvalue weighted by Gasteiger charge is -2.30. The summed E-state index contributed by atoms with van der Waals surface area (Å²) < 4.78 is 6.01. The molecule has 1 aromatic heterocycles. The van der Waals surface area contributed by atoms with Crippen molar-refractivity contribution in [3.63, 3.8) is 0 Å². The SMILES string of the molecule is CC1CCN(Cc2cccc3c(Oc4ccc(C(N)=O)cn4)cccc23)CC1. The molecule has 144 valence electrons. The van der Waals surface area contributed by atoms with Crippen LogP contribution in [0.1, 0.15) is 35.7 Å². The Kier molecular flexibility index (Phi) is 5.26. The molecule has 1 saturated heterocycles. The zero-order valence-electron chi connectivity index (χ0n) is 16.1. The Balaban J connectivity index is 1.59. The molecule has 1 amide bonds. The number of carbonyl (C=O) groups is 1. The van der Waals surface area contributed by atoms with E-state index in [0.29, 0.717) is 11.4 Å². The van der Waals surface area contributed by atoms with Gasteiger partial charge < -0.3 is 10.5 Å². The molecule has 3 aromatic rings. The molecule has 4 rings (SSSR count). The molecule has 2 heterocycles. The highest BCUT2D eigenvalue weighted by Gasteiger charge is 2.17. The summed E-state index contributed by atoms with van der Waals surface area (Å²) in [6, 6.07) is 15.7. The predicted molar refractivity (Wildman–Crippen MR) is 110 cm³/mol.